The number of carbonyl (C=O) groups is 1. The maximum absolute atomic E-state index is 11.5. The van der Waals surface area contributed by atoms with Crippen molar-refractivity contribution in [3.8, 4) is 16.9 Å². The van der Waals surface area contributed by atoms with E-state index in [1.807, 2.05) is 36.4 Å². The summed E-state index contributed by atoms with van der Waals surface area (Å²) < 4.78 is 5.03. The number of aromatic hydroxyl groups is 1. The first-order valence-electron chi connectivity index (χ1n) is 7.48. The van der Waals surface area contributed by atoms with Crippen molar-refractivity contribution < 1.29 is 14.6 Å². The first-order valence-corrected chi connectivity index (χ1v) is 7.48. The topological polar surface area (TPSA) is 58.6 Å². The highest BCUT2D eigenvalue weighted by Crippen LogP contribution is 2.22. The van der Waals surface area contributed by atoms with Crippen LogP contribution in [-0.4, -0.2) is 17.8 Å². The van der Waals surface area contributed by atoms with Gasteiger partial charge in [0, 0.05) is 6.54 Å². The third-order valence-electron chi connectivity index (χ3n) is 3.32. The predicted octanol–water partition coefficient (Wildman–Crippen LogP) is 4.09. The van der Waals surface area contributed by atoms with Crippen LogP contribution in [0.15, 0.2) is 48.5 Å². The molecule has 116 valence electrons. The third kappa shape index (κ3) is 4.81. The summed E-state index contributed by atoms with van der Waals surface area (Å²) in [5, 5.41) is 12.0. The van der Waals surface area contributed by atoms with Gasteiger partial charge in [-0.3, -0.25) is 0 Å². The summed E-state index contributed by atoms with van der Waals surface area (Å²) in [6.45, 7) is 2.96. The molecule has 2 rings (SSSR count). The lowest BCUT2D eigenvalue weighted by Gasteiger charge is -2.07. The molecule has 0 aliphatic carbocycles. The molecule has 2 aromatic rings. The molecule has 0 spiro atoms. The monoisotopic (exact) mass is 299 g/mol. The van der Waals surface area contributed by atoms with Crippen molar-refractivity contribution in [3.05, 3.63) is 54.1 Å². The Bertz CT molecular complexity index is 591. The van der Waals surface area contributed by atoms with Crippen molar-refractivity contribution in [3.63, 3.8) is 0 Å². The van der Waals surface area contributed by atoms with E-state index >= 15 is 0 Å². The Morgan fingerprint density at radius 2 is 1.64 bits per heavy atom. The van der Waals surface area contributed by atoms with Gasteiger partial charge in [-0.2, -0.15) is 0 Å². The Hall–Kier alpha value is -2.49. The average molecular weight is 299 g/mol. The molecule has 0 aliphatic heterocycles. The summed E-state index contributed by atoms with van der Waals surface area (Å²) in [6, 6.07) is 15.0. The molecule has 2 N–H and O–H groups in total. The Kier molecular flexibility index (Phi) is 5.83. The third-order valence-corrected chi connectivity index (χ3v) is 3.32. The van der Waals surface area contributed by atoms with Gasteiger partial charge in [-0.15, -0.1) is 0 Å². The second-order valence-electron chi connectivity index (χ2n) is 5.09. The number of amides is 1. The van der Waals surface area contributed by atoms with Crippen LogP contribution in [0.2, 0.25) is 0 Å². The minimum absolute atomic E-state index is 0.256. The fraction of sp³-hybridized carbons (Fsp3) is 0.278. The largest absolute Gasteiger partial charge is 0.508 e. The van der Waals surface area contributed by atoms with Crippen LogP contribution in [-0.2, 0) is 11.3 Å². The number of alkyl carbamates (subject to hydrolysis) is 1. The molecule has 4 heteroatoms. The molecule has 0 saturated heterocycles. The second kappa shape index (κ2) is 8.08. The molecule has 0 aliphatic rings. The predicted molar refractivity (Wildman–Crippen MR) is 86.6 cm³/mol. The van der Waals surface area contributed by atoms with E-state index in [0.29, 0.717) is 13.2 Å². The maximum atomic E-state index is 11.5. The molecule has 0 fully saturated rings. The minimum Gasteiger partial charge on any atom is -0.508 e. The van der Waals surface area contributed by atoms with Gasteiger partial charge in [0.2, 0.25) is 0 Å². The van der Waals surface area contributed by atoms with Gasteiger partial charge in [0.1, 0.15) is 5.75 Å². The molecule has 0 atom stereocenters. The van der Waals surface area contributed by atoms with E-state index in [1.165, 1.54) is 0 Å². The van der Waals surface area contributed by atoms with E-state index in [4.69, 9.17) is 4.74 Å². The van der Waals surface area contributed by atoms with Crippen molar-refractivity contribution in [1.82, 2.24) is 5.32 Å². The summed E-state index contributed by atoms with van der Waals surface area (Å²) >= 11 is 0. The maximum Gasteiger partial charge on any atom is 0.407 e. The molecular formula is C18H21NO3. The van der Waals surface area contributed by atoms with Gasteiger partial charge in [0.15, 0.2) is 0 Å². The van der Waals surface area contributed by atoms with Gasteiger partial charge >= 0.3 is 6.09 Å². The number of carbonyl (C=O) groups excluding carboxylic acids is 1. The zero-order valence-corrected chi connectivity index (χ0v) is 12.7. The fourth-order valence-corrected chi connectivity index (χ4v) is 2.00. The van der Waals surface area contributed by atoms with Crippen LogP contribution in [0.5, 0.6) is 5.75 Å². The number of benzene rings is 2. The molecule has 0 aromatic heterocycles. The van der Waals surface area contributed by atoms with Crippen LogP contribution in [0.3, 0.4) is 0 Å². The molecule has 0 saturated carbocycles. The Labute approximate surface area is 130 Å². The first kappa shape index (κ1) is 15.9. The number of hydrogen-bond acceptors (Lipinski definition) is 3. The molecule has 22 heavy (non-hydrogen) atoms. The summed E-state index contributed by atoms with van der Waals surface area (Å²) in [6.07, 6.45) is 1.51. The second-order valence-corrected chi connectivity index (χ2v) is 5.09. The Balaban J connectivity index is 1.86. The highest BCUT2D eigenvalue weighted by molar-refractivity contribution is 5.67. The number of nitrogens with one attached hydrogen (secondary N) is 1. The number of ether oxygens (including phenoxy) is 1. The van der Waals surface area contributed by atoms with Gasteiger partial charge in [-0.05, 0) is 35.2 Å². The lowest BCUT2D eigenvalue weighted by molar-refractivity contribution is 0.144. The molecule has 0 heterocycles. The Morgan fingerprint density at radius 3 is 2.23 bits per heavy atom. The zero-order chi connectivity index (χ0) is 15.8. The van der Waals surface area contributed by atoms with Crippen molar-refractivity contribution in [2.45, 2.75) is 26.3 Å². The molecular weight excluding hydrogens is 278 g/mol. The first-order chi connectivity index (χ1) is 10.7. The van der Waals surface area contributed by atoms with E-state index in [-0.39, 0.29) is 11.8 Å². The van der Waals surface area contributed by atoms with Crippen molar-refractivity contribution in [1.29, 1.82) is 0 Å². The van der Waals surface area contributed by atoms with Crippen LogP contribution in [0.25, 0.3) is 11.1 Å². The van der Waals surface area contributed by atoms with Crippen molar-refractivity contribution >= 4 is 6.09 Å². The smallest absolute Gasteiger partial charge is 0.407 e. The van der Waals surface area contributed by atoms with Crippen molar-refractivity contribution in [2.75, 3.05) is 6.61 Å². The van der Waals surface area contributed by atoms with E-state index in [0.717, 1.165) is 29.5 Å². The number of hydrogen-bond donors (Lipinski definition) is 2. The van der Waals surface area contributed by atoms with Gasteiger partial charge in [-0.25, -0.2) is 4.79 Å². The minimum atomic E-state index is -0.379. The van der Waals surface area contributed by atoms with Gasteiger partial charge in [0.25, 0.3) is 0 Å². The van der Waals surface area contributed by atoms with Gasteiger partial charge in [0.05, 0.1) is 6.61 Å². The molecule has 4 nitrogen and oxygen atoms in total. The highest BCUT2D eigenvalue weighted by atomic mass is 16.5. The van der Waals surface area contributed by atoms with E-state index in [1.54, 1.807) is 12.1 Å². The lowest BCUT2D eigenvalue weighted by atomic mass is 10.0. The van der Waals surface area contributed by atoms with Crippen LogP contribution in [0.4, 0.5) is 4.79 Å². The number of phenolic OH excluding ortho intramolecular Hbond substituents is 1. The van der Waals surface area contributed by atoms with Crippen LogP contribution in [0.1, 0.15) is 25.3 Å². The van der Waals surface area contributed by atoms with Gasteiger partial charge < -0.3 is 15.2 Å². The summed E-state index contributed by atoms with van der Waals surface area (Å²) in [5.74, 6) is 0.256. The zero-order valence-electron chi connectivity index (χ0n) is 12.7. The SMILES string of the molecule is CCCCOC(=O)NCc1ccc(-c2ccc(O)cc2)cc1. The molecule has 1 amide bonds. The Morgan fingerprint density at radius 1 is 1.05 bits per heavy atom. The molecule has 0 bridgehead atoms. The van der Waals surface area contributed by atoms with Crippen molar-refractivity contribution in [2.24, 2.45) is 0 Å². The van der Waals surface area contributed by atoms with Crippen LogP contribution in [0, 0.1) is 0 Å². The van der Waals surface area contributed by atoms with E-state index in [2.05, 4.69) is 12.2 Å². The summed E-state index contributed by atoms with van der Waals surface area (Å²) in [5.41, 5.74) is 3.11. The van der Waals surface area contributed by atoms with Crippen LogP contribution < -0.4 is 5.32 Å². The number of rotatable bonds is 6. The fourth-order valence-electron chi connectivity index (χ4n) is 2.00. The molecule has 0 unspecified atom stereocenters. The van der Waals surface area contributed by atoms with Crippen LogP contribution >= 0.6 is 0 Å². The lowest BCUT2D eigenvalue weighted by Crippen LogP contribution is -2.24. The number of unbranched alkanes of at least 4 members (excludes halogenated alkanes) is 1. The average Bonchev–Trinajstić information content (AvgIpc) is 2.54. The number of phenols is 1. The molecule has 2 aromatic carbocycles. The highest BCUT2D eigenvalue weighted by Gasteiger charge is 2.02. The van der Waals surface area contributed by atoms with E-state index < -0.39 is 0 Å². The summed E-state index contributed by atoms with van der Waals surface area (Å²) in [7, 11) is 0. The van der Waals surface area contributed by atoms with E-state index in [9.17, 15) is 9.90 Å². The standard InChI is InChI=1S/C18H21NO3/c1-2-3-12-22-18(21)19-13-14-4-6-15(7-5-14)16-8-10-17(20)11-9-16/h4-11,20H,2-3,12-13H2,1H3,(H,19,21). The normalized spacial score (nSPS) is 10.2. The van der Waals surface area contributed by atoms with Gasteiger partial charge in [-0.1, -0.05) is 49.7 Å². The molecule has 0 radical (unpaired) electrons. The summed E-state index contributed by atoms with van der Waals surface area (Å²) in [4.78, 5) is 11.5. The quantitative estimate of drug-likeness (QED) is 0.790.